The van der Waals surface area contributed by atoms with Crippen molar-refractivity contribution in [2.24, 2.45) is 5.92 Å². The maximum absolute atomic E-state index is 12.6. The van der Waals surface area contributed by atoms with Gasteiger partial charge in [0.25, 0.3) is 0 Å². The number of nitrogens with zero attached hydrogens (tertiary/aromatic N) is 2. The molecule has 2 rings (SSSR count). The second-order valence-electron chi connectivity index (χ2n) is 7.23. The molecule has 26 heavy (non-hydrogen) atoms. The van der Waals surface area contributed by atoms with Crippen molar-refractivity contribution in [3.05, 3.63) is 0 Å². The number of ether oxygens (including phenoxy) is 2. The van der Waals surface area contributed by atoms with Gasteiger partial charge in [0, 0.05) is 25.7 Å². The van der Waals surface area contributed by atoms with E-state index in [2.05, 4.69) is 0 Å². The van der Waals surface area contributed by atoms with E-state index < -0.39 is 18.1 Å². The lowest BCUT2D eigenvalue weighted by molar-refractivity contribution is -0.186. The molecule has 2 aliphatic rings. The van der Waals surface area contributed by atoms with Crippen molar-refractivity contribution < 1.29 is 32.2 Å². The summed E-state index contributed by atoms with van der Waals surface area (Å²) in [5, 5.41) is 0. The normalized spacial score (nSPS) is 30.2. The van der Waals surface area contributed by atoms with Gasteiger partial charge in [-0.15, -0.1) is 0 Å². The van der Waals surface area contributed by atoms with Gasteiger partial charge in [-0.25, -0.2) is 0 Å². The summed E-state index contributed by atoms with van der Waals surface area (Å²) in [6.45, 7) is 0.802. The second kappa shape index (κ2) is 8.56. The van der Waals surface area contributed by atoms with Gasteiger partial charge >= 0.3 is 18.1 Å². The molecule has 0 aromatic rings. The van der Waals surface area contributed by atoms with Crippen LogP contribution in [-0.4, -0.2) is 80.4 Å². The lowest BCUT2D eigenvalue weighted by atomic mass is 9.87. The van der Waals surface area contributed by atoms with Gasteiger partial charge < -0.3 is 14.4 Å². The minimum Gasteiger partial charge on any atom is -0.469 e. The molecule has 0 N–H and O–H groups in total. The number of hydrogen-bond donors (Lipinski definition) is 0. The third kappa shape index (κ3) is 5.09. The fourth-order valence-electron chi connectivity index (χ4n) is 3.77. The average Bonchev–Trinajstić information content (AvgIpc) is 2.98. The van der Waals surface area contributed by atoms with Crippen LogP contribution >= 0.6 is 0 Å². The molecule has 1 heterocycles. The monoisotopic (exact) mass is 380 g/mol. The van der Waals surface area contributed by atoms with Gasteiger partial charge in [0.1, 0.15) is 0 Å². The molecule has 1 saturated heterocycles. The van der Waals surface area contributed by atoms with Gasteiger partial charge in [-0.3, -0.25) is 14.5 Å². The van der Waals surface area contributed by atoms with Crippen molar-refractivity contribution in [3.63, 3.8) is 0 Å². The van der Waals surface area contributed by atoms with E-state index in [1.165, 1.54) is 14.2 Å². The maximum Gasteiger partial charge on any atom is 0.471 e. The second-order valence-corrected chi connectivity index (χ2v) is 7.23. The smallest absolute Gasteiger partial charge is 0.469 e. The Kier molecular flexibility index (Phi) is 6.90. The molecule has 0 aromatic heterocycles. The van der Waals surface area contributed by atoms with Gasteiger partial charge in [-0.2, -0.15) is 13.2 Å². The first kappa shape index (κ1) is 21.0. The van der Waals surface area contributed by atoms with Crippen LogP contribution in [0.3, 0.4) is 0 Å². The van der Waals surface area contributed by atoms with Gasteiger partial charge in [-0.1, -0.05) is 0 Å². The molecule has 1 aliphatic carbocycles. The van der Waals surface area contributed by atoms with Crippen LogP contribution in [0.5, 0.6) is 0 Å². The highest BCUT2D eigenvalue weighted by atomic mass is 19.4. The fourth-order valence-corrected chi connectivity index (χ4v) is 3.77. The van der Waals surface area contributed by atoms with Gasteiger partial charge in [0.15, 0.2) is 0 Å². The number of carbonyl (C=O) groups excluding carboxylic acids is 2. The average molecular weight is 380 g/mol. The molecule has 0 spiro atoms. The Morgan fingerprint density at radius 3 is 2.35 bits per heavy atom. The number of carbonyl (C=O) groups is 2. The van der Waals surface area contributed by atoms with Crippen molar-refractivity contribution in [2.45, 2.75) is 56.5 Å². The Bertz CT molecular complexity index is 507. The zero-order valence-electron chi connectivity index (χ0n) is 15.4. The molecule has 1 amide bonds. The van der Waals surface area contributed by atoms with Crippen molar-refractivity contribution in [1.29, 1.82) is 0 Å². The van der Waals surface area contributed by atoms with Crippen molar-refractivity contribution in [1.82, 2.24) is 9.80 Å². The topological polar surface area (TPSA) is 59.1 Å². The number of halogens is 3. The number of amides is 1. The van der Waals surface area contributed by atoms with Crippen LogP contribution in [-0.2, 0) is 19.1 Å². The highest BCUT2D eigenvalue weighted by Crippen LogP contribution is 2.29. The van der Waals surface area contributed by atoms with E-state index in [4.69, 9.17) is 9.47 Å². The van der Waals surface area contributed by atoms with E-state index in [9.17, 15) is 22.8 Å². The van der Waals surface area contributed by atoms with Crippen molar-refractivity contribution in [2.75, 3.05) is 34.4 Å². The predicted molar refractivity (Wildman–Crippen MR) is 87.4 cm³/mol. The molecule has 1 saturated carbocycles. The summed E-state index contributed by atoms with van der Waals surface area (Å²) in [6, 6.07) is -0.500. The number of hydrogen-bond acceptors (Lipinski definition) is 5. The fraction of sp³-hybridized carbons (Fsp3) is 0.882. The zero-order chi connectivity index (χ0) is 19.5. The molecule has 6 nitrogen and oxygen atoms in total. The molecule has 2 atom stereocenters. The lowest BCUT2D eigenvalue weighted by Crippen LogP contribution is -2.45. The quantitative estimate of drug-likeness (QED) is 0.681. The van der Waals surface area contributed by atoms with E-state index in [0.717, 1.165) is 30.6 Å². The number of rotatable bonds is 5. The van der Waals surface area contributed by atoms with Gasteiger partial charge in [0.2, 0.25) is 0 Å². The number of methoxy groups -OCH3 is 1. The molecule has 150 valence electrons. The largest absolute Gasteiger partial charge is 0.471 e. The molecule has 0 aromatic carbocycles. The van der Waals surface area contributed by atoms with Crippen molar-refractivity contribution >= 4 is 11.9 Å². The summed E-state index contributed by atoms with van der Waals surface area (Å²) in [4.78, 5) is 25.6. The maximum atomic E-state index is 12.6. The van der Waals surface area contributed by atoms with E-state index in [1.54, 1.807) is 0 Å². The summed E-state index contributed by atoms with van der Waals surface area (Å²) in [7, 11) is 4.41. The van der Waals surface area contributed by atoms with E-state index in [0.29, 0.717) is 19.6 Å². The minimum atomic E-state index is -4.85. The number of esters is 1. The predicted octanol–water partition coefficient (Wildman–Crippen LogP) is 1.83. The molecule has 1 aliphatic heterocycles. The summed E-state index contributed by atoms with van der Waals surface area (Å²) < 4.78 is 48.5. The molecular formula is C17H27F3N2O4. The highest BCUT2D eigenvalue weighted by molar-refractivity contribution is 5.82. The van der Waals surface area contributed by atoms with Crippen LogP contribution in [0, 0.1) is 5.92 Å². The molecule has 9 heteroatoms. The third-order valence-corrected chi connectivity index (χ3v) is 5.51. The molecule has 2 fully saturated rings. The highest BCUT2D eigenvalue weighted by Gasteiger charge is 2.45. The molecule has 0 radical (unpaired) electrons. The molecule has 0 unspecified atom stereocenters. The molecular weight excluding hydrogens is 353 g/mol. The van der Waals surface area contributed by atoms with Crippen LogP contribution in [0.15, 0.2) is 0 Å². The Morgan fingerprint density at radius 1 is 1.19 bits per heavy atom. The standard InChI is InChI=1S/C17H27F3N2O4/c1-21-9-12(22(2)16(24)17(18,19)20)8-13(21)10-26-14-6-4-11(5-7-14)15(23)25-3/h11-14H,4-10H2,1-3H3/t11?,12-,13-,14?/m0/s1. The van der Waals surface area contributed by atoms with Gasteiger partial charge in [0.05, 0.1) is 25.7 Å². The van der Waals surface area contributed by atoms with E-state index >= 15 is 0 Å². The van der Waals surface area contributed by atoms with E-state index in [1.807, 2.05) is 11.9 Å². The lowest BCUT2D eigenvalue weighted by Gasteiger charge is -2.29. The first-order chi connectivity index (χ1) is 12.1. The minimum absolute atomic E-state index is 0.0261. The first-order valence-corrected chi connectivity index (χ1v) is 8.87. The SMILES string of the molecule is COC(=O)C1CCC(OC[C@@H]2C[C@H](N(C)C(=O)C(F)(F)F)CN2C)CC1. The summed E-state index contributed by atoms with van der Waals surface area (Å²) in [5.74, 6) is -2.06. The van der Waals surface area contributed by atoms with Crippen molar-refractivity contribution in [3.8, 4) is 0 Å². The van der Waals surface area contributed by atoms with Crippen LogP contribution in [0.4, 0.5) is 13.2 Å². The Hall–Kier alpha value is -1.35. The summed E-state index contributed by atoms with van der Waals surface area (Å²) in [6.07, 6.45) is -1.35. The van der Waals surface area contributed by atoms with E-state index in [-0.39, 0.29) is 24.0 Å². The number of likely N-dealkylation sites (tertiary alicyclic amines) is 1. The Balaban J connectivity index is 1.77. The number of likely N-dealkylation sites (N-methyl/N-ethyl adjacent to an activating group) is 2. The van der Waals surface area contributed by atoms with Crippen LogP contribution in [0.2, 0.25) is 0 Å². The summed E-state index contributed by atoms with van der Waals surface area (Å²) in [5.41, 5.74) is 0. The van der Waals surface area contributed by atoms with Crippen LogP contribution in [0.25, 0.3) is 0 Å². The van der Waals surface area contributed by atoms with Gasteiger partial charge in [-0.05, 0) is 39.2 Å². The zero-order valence-corrected chi connectivity index (χ0v) is 15.4. The van der Waals surface area contributed by atoms with Crippen LogP contribution in [0.1, 0.15) is 32.1 Å². The molecule has 0 bridgehead atoms. The first-order valence-electron chi connectivity index (χ1n) is 8.87. The Morgan fingerprint density at radius 2 is 1.81 bits per heavy atom. The summed E-state index contributed by atoms with van der Waals surface area (Å²) >= 11 is 0. The Labute approximate surface area is 151 Å². The number of alkyl halides is 3. The van der Waals surface area contributed by atoms with Crippen LogP contribution < -0.4 is 0 Å². The third-order valence-electron chi connectivity index (χ3n) is 5.51.